The first-order chi connectivity index (χ1) is 15.3. The van der Waals surface area contributed by atoms with Gasteiger partial charge in [-0.3, -0.25) is 4.55 Å². The third-order valence-electron chi connectivity index (χ3n) is 5.71. The zero-order valence-corrected chi connectivity index (χ0v) is 18.5. The number of anilines is 1. The molecule has 0 unspecified atom stereocenters. The van der Waals surface area contributed by atoms with Crippen LogP contribution >= 0.6 is 11.8 Å². The van der Waals surface area contributed by atoms with Crippen LogP contribution in [-0.4, -0.2) is 56.6 Å². The minimum absolute atomic E-state index is 0.168. The molecule has 170 valence electrons. The standard InChI is InChI=1S/C19H22N6O5S2/c20-17-16-18(22-9-21-17)25(15-7-13(26)14(30-15)8-23-32(27,28)29)24-19(16)31-12-5-4-10-2-1-3-11(10)6-12/h4-6,9,13-15,23,26H,1-3,7-8H2,(H2,20,21,22)(H,27,28,29)/t13-,14+,15+/m0/s1. The van der Waals surface area contributed by atoms with Crippen molar-refractivity contribution in [2.45, 2.75) is 54.0 Å². The average Bonchev–Trinajstić information content (AvgIpc) is 3.43. The van der Waals surface area contributed by atoms with Crippen molar-refractivity contribution in [2.24, 2.45) is 0 Å². The molecule has 32 heavy (non-hydrogen) atoms. The van der Waals surface area contributed by atoms with Crippen LogP contribution in [0.2, 0.25) is 0 Å². The first-order valence-corrected chi connectivity index (χ1v) is 12.4. The Morgan fingerprint density at radius 2 is 2.09 bits per heavy atom. The Bertz CT molecular complexity index is 1280. The molecule has 1 aliphatic carbocycles. The van der Waals surface area contributed by atoms with Gasteiger partial charge in [0.05, 0.1) is 17.6 Å². The van der Waals surface area contributed by atoms with Gasteiger partial charge >= 0.3 is 10.3 Å². The number of nitrogens with zero attached hydrogens (tertiary/aromatic N) is 4. The maximum atomic E-state index is 11.0. The number of aromatic nitrogens is 4. The first-order valence-electron chi connectivity index (χ1n) is 10.1. The van der Waals surface area contributed by atoms with E-state index in [4.69, 9.17) is 15.0 Å². The van der Waals surface area contributed by atoms with Gasteiger partial charge in [-0.1, -0.05) is 17.8 Å². The molecule has 3 heterocycles. The summed E-state index contributed by atoms with van der Waals surface area (Å²) in [5.41, 5.74) is 9.34. The van der Waals surface area contributed by atoms with Crippen molar-refractivity contribution >= 4 is 38.9 Å². The van der Waals surface area contributed by atoms with Crippen molar-refractivity contribution in [2.75, 3.05) is 12.3 Å². The van der Waals surface area contributed by atoms with E-state index in [0.29, 0.717) is 16.1 Å². The van der Waals surface area contributed by atoms with Crippen LogP contribution in [0.5, 0.6) is 0 Å². The molecule has 0 radical (unpaired) electrons. The maximum Gasteiger partial charge on any atom is 0.333 e. The Kier molecular flexibility index (Phi) is 5.55. The topological polar surface area (TPSA) is 165 Å². The zero-order chi connectivity index (χ0) is 22.5. The second kappa shape index (κ2) is 8.24. The molecule has 1 aromatic carbocycles. The molecule has 1 fully saturated rings. The summed E-state index contributed by atoms with van der Waals surface area (Å²) in [5.74, 6) is 0.285. The molecule has 2 aliphatic rings. The van der Waals surface area contributed by atoms with Gasteiger partial charge < -0.3 is 15.6 Å². The fourth-order valence-electron chi connectivity index (χ4n) is 4.19. The highest BCUT2D eigenvalue weighted by Gasteiger charge is 2.37. The van der Waals surface area contributed by atoms with E-state index in [0.717, 1.165) is 24.2 Å². The monoisotopic (exact) mass is 478 g/mol. The number of rotatable bonds is 6. The largest absolute Gasteiger partial charge is 0.390 e. The van der Waals surface area contributed by atoms with E-state index >= 15 is 0 Å². The summed E-state index contributed by atoms with van der Waals surface area (Å²) < 4.78 is 40.1. The smallest absolute Gasteiger partial charge is 0.333 e. The number of benzene rings is 1. The summed E-state index contributed by atoms with van der Waals surface area (Å²) in [7, 11) is -4.40. The van der Waals surface area contributed by atoms with Gasteiger partial charge in [0.15, 0.2) is 11.9 Å². The van der Waals surface area contributed by atoms with Crippen LogP contribution in [-0.2, 0) is 27.9 Å². The SMILES string of the molecule is Nc1ncnc2c1c(Sc1ccc3c(c1)CCC3)nn2[C@H]1C[C@H](O)[C@@H](CNS(=O)(=O)O)O1. The minimum atomic E-state index is -4.40. The van der Waals surface area contributed by atoms with Crippen molar-refractivity contribution < 1.29 is 22.8 Å². The summed E-state index contributed by atoms with van der Waals surface area (Å²) in [5, 5.41) is 16.2. The lowest BCUT2D eigenvalue weighted by molar-refractivity contribution is -0.0190. The van der Waals surface area contributed by atoms with Crippen LogP contribution in [0.15, 0.2) is 34.4 Å². The maximum absolute atomic E-state index is 11.0. The lowest BCUT2D eigenvalue weighted by Crippen LogP contribution is -2.36. The van der Waals surface area contributed by atoms with E-state index in [1.54, 1.807) is 4.68 Å². The molecule has 0 saturated carbocycles. The number of nitrogens with one attached hydrogen (secondary N) is 1. The van der Waals surface area contributed by atoms with Crippen LogP contribution in [0.1, 0.15) is 30.2 Å². The molecule has 5 N–H and O–H groups in total. The lowest BCUT2D eigenvalue weighted by atomic mass is 10.1. The van der Waals surface area contributed by atoms with E-state index < -0.39 is 28.7 Å². The predicted molar refractivity (Wildman–Crippen MR) is 116 cm³/mol. The van der Waals surface area contributed by atoms with E-state index in [1.165, 1.54) is 29.2 Å². The highest BCUT2D eigenvalue weighted by Crippen LogP contribution is 2.39. The number of nitrogens with two attached hydrogens (primary N) is 1. The number of nitrogen functional groups attached to an aromatic ring is 1. The fraction of sp³-hybridized carbons (Fsp3) is 0.421. The Morgan fingerprint density at radius 3 is 2.91 bits per heavy atom. The molecule has 3 atom stereocenters. The molecule has 0 bridgehead atoms. The van der Waals surface area contributed by atoms with Gasteiger partial charge in [-0.15, -0.1) is 0 Å². The predicted octanol–water partition coefficient (Wildman–Crippen LogP) is 1.09. The Labute approximate surface area is 188 Å². The first kappa shape index (κ1) is 21.6. The van der Waals surface area contributed by atoms with Gasteiger partial charge in [0, 0.05) is 17.9 Å². The normalized spacial score (nSPS) is 23.1. The minimum Gasteiger partial charge on any atom is -0.390 e. The summed E-state index contributed by atoms with van der Waals surface area (Å²) in [6.45, 7) is -0.274. The van der Waals surface area contributed by atoms with Gasteiger partial charge in [0.25, 0.3) is 0 Å². The van der Waals surface area contributed by atoms with Gasteiger partial charge in [-0.25, -0.2) is 14.6 Å². The summed E-state index contributed by atoms with van der Waals surface area (Å²) in [6, 6.07) is 6.38. The van der Waals surface area contributed by atoms with Crippen molar-refractivity contribution in [1.29, 1.82) is 0 Å². The zero-order valence-electron chi connectivity index (χ0n) is 16.9. The van der Waals surface area contributed by atoms with Crippen molar-refractivity contribution in [3.63, 3.8) is 0 Å². The molecule has 1 saturated heterocycles. The second-order valence-electron chi connectivity index (χ2n) is 7.85. The number of fused-ring (bicyclic) bond motifs is 2. The van der Waals surface area contributed by atoms with Crippen LogP contribution < -0.4 is 10.5 Å². The number of hydrogen-bond donors (Lipinski definition) is 4. The Morgan fingerprint density at radius 1 is 1.28 bits per heavy atom. The molecule has 1 aliphatic heterocycles. The van der Waals surface area contributed by atoms with Crippen molar-refractivity contribution in [3.8, 4) is 0 Å². The van der Waals surface area contributed by atoms with E-state index in [-0.39, 0.29) is 18.8 Å². The van der Waals surface area contributed by atoms with Crippen molar-refractivity contribution in [1.82, 2.24) is 24.5 Å². The molecule has 0 spiro atoms. The van der Waals surface area contributed by atoms with Gasteiger partial charge in [-0.05, 0) is 42.5 Å². The molecular weight excluding hydrogens is 456 g/mol. The Hall–Kier alpha value is -2.29. The number of aliphatic hydroxyl groups excluding tert-OH is 1. The number of ether oxygens (including phenoxy) is 1. The molecule has 3 aromatic rings. The van der Waals surface area contributed by atoms with Gasteiger partial charge in [0.2, 0.25) is 0 Å². The van der Waals surface area contributed by atoms with Gasteiger partial charge in [-0.2, -0.15) is 18.2 Å². The molecule has 0 amide bonds. The Balaban J connectivity index is 1.45. The number of aliphatic hydroxyl groups is 1. The summed E-state index contributed by atoms with van der Waals surface area (Å²) in [6.07, 6.45) is 2.34. The highest BCUT2D eigenvalue weighted by molar-refractivity contribution is 7.99. The number of hydrogen-bond acceptors (Lipinski definition) is 9. The van der Waals surface area contributed by atoms with E-state index in [2.05, 4.69) is 33.3 Å². The summed E-state index contributed by atoms with van der Waals surface area (Å²) >= 11 is 1.46. The molecule has 11 nitrogen and oxygen atoms in total. The molecule has 5 rings (SSSR count). The third-order valence-corrected chi connectivity index (χ3v) is 7.21. The third kappa shape index (κ3) is 4.19. The van der Waals surface area contributed by atoms with Crippen LogP contribution in [0, 0.1) is 0 Å². The molecule has 2 aromatic heterocycles. The molecular formula is C19H22N6O5S2. The number of aryl methyl sites for hydroxylation is 2. The fourth-order valence-corrected chi connectivity index (χ4v) is 5.56. The van der Waals surface area contributed by atoms with Crippen LogP contribution in [0.3, 0.4) is 0 Å². The van der Waals surface area contributed by atoms with Crippen LogP contribution in [0.4, 0.5) is 5.82 Å². The van der Waals surface area contributed by atoms with E-state index in [1.807, 2.05) is 4.72 Å². The average molecular weight is 479 g/mol. The lowest BCUT2D eigenvalue weighted by Gasteiger charge is -2.15. The second-order valence-corrected chi connectivity index (χ2v) is 10.2. The van der Waals surface area contributed by atoms with E-state index in [9.17, 15) is 13.5 Å². The highest BCUT2D eigenvalue weighted by atomic mass is 32.2. The quantitative estimate of drug-likeness (QED) is 0.377. The van der Waals surface area contributed by atoms with Crippen molar-refractivity contribution in [3.05, 3.63) is 35.7 Å². The van der Waals surface area contributed by atoms with Gasteiger partial charge in [0.1, 0.15) is 17.2 Å². The molecule has 13 heteroatoms. The summed E-state index contributed by atoms with van der Waals surface area (Å²) in [4.78, 5) is 9.45. The van der Waals surface area contributed by atoms with Crippen LogP contribution in [0.25, 0.3) is 11.0 Å².